The summed E-state index contributed by atoms with van der Waals surface area (Å²) in [6, 6.07) is 8.45. The molecule has 0 bridgehead atoms. The summed E-state index contributed by atoms with van der Waals surface area (Å²) in [6.45, 7) is 2.72. The minimum Gasteiger partial charge on any atom is -0.496 e. The average molecular weight is 261 g/mol. The molecule has 1 aliphatic carbocycles. The Hall–Kier alpha value is -1.06. The van der Waals surface area contributed by atoms with Gasteiger partial charge in [-0.15, -0.1) is 0 Å². The molecule has 1 N–H and O–H groups in total. The summed E-state index contributed by atoms with van der Waals surface area (Å²) in [6.07, 6.45) is 3.91. The molecule has 1 heterocycles. The third-order valence-electron chi connectivity index (χ3n) is 5.16. The van der Waals surface area contributed by atoms with Crippen LogP contribution in [0.3, 0.4) is 0 Å². The van der Waals surface area contributed by atoms with Gasteiger partial charge in [-0.1, -0.05) is 24.6 Å². The maximum absolute atomic E-state index is 5.64. The van der Waals surface area contributed by atoms with Crippen LogP contribution in [0.15, 0.2) is 24.3 Å². The first-order chi connectivity index (χ1) is 9.28. The Morgan fingerprint density at radius 1 is 1.26 bits per heavy atom. The number of para-hydroxylation sites is 1. The summed E-state index contributed by atoms with van der Waals surface area (Å²) in [5, 5.41) is 3.40. The molecule has 1 aliphatic heterocycles. The predicted octanol–water partition coefficient (Wildman–Crippen LogP) is 2.35. The van der Waals surface area contributed by atoms with Crippen molar-refractivity contribution < 1.29 is 9.47 Å². The van der Waals surface area contributed by atoms with E-state index >= 15 is 0 Å². The van der Waals surface area contributed by atoms with Crippen LogP contribution < -0.4 is 10.1 Å². The fourth-order valence-electron chi connectivity index (χ4n) is 3.86. The fourth-order valence-corrected chi connectivity index (χ4v) is 3.86. The van der Waals surface area contributed by atoms with Crippen molar-refractivity contribution in [2.75, 3.05) is 33.9 Å². The van der Waals surface area contributed by atoms with Gasteiger partial charge < -0.3 is 14.8 Å². The molecular weight excluding hydrogens is 238 g/mol. The van der Waals surface area contributed by atoms with Gasteiger partial charge in [-0.05, 0) is 31.4 Å². The Kier molecular flexibility index (Phi) is 3.27. The van der Waals surface area contributed by atoms with Crippen LogP contribution in [0.2, 0.25) is 0 Å². The molecule has 3 heteroatoms. The highest BCUT2D eigenvalue weighted by atomic mass is 16.5. The first-order valence-electron chi connectivity index (χ1n) is 7.14. The van der Waals surface area contributed by atoms with Gasteiger partial charge >= 0.3 is 0 Å². The van der Waals surface area contributed by atoms with E-state index in [2.05, 4.69) is 30.6 Å². The lowest BCUT2D eigenvalue weighted by molar-refractivity contribution is -0.156. The first-order valence-corrected chi connectivity index (χ1v) is 7.14. The van der Waals surface area contributed by atoms with Crippen LogP contribution >= 0.6 is 0 Å². The maximum Gasteiger partial charge on any atom is 0.122 e. The Labute approximate surface area is 115 Å². The van der Waals surface area contributed by atoms with Gasteiger partial charge in [0, 0.05) is 12.1 Å². The molecule has 2 aliphatic rings. The second-order valence-electron chi connectivity index (χ2n) is 5.94. The van der Waals surface area contributed by atoms with Crippen molar-refractivity contribution in [3.05, 3.63) is 29.8 Å². The summed E-state index contributed by atoms with van der Waals surface area (Å²) in [7, 11) is 3.81. The lowest BCUT2D eigenvalue weighted by atomic mass is 9.49. The number of hydrogen-bond donors (Lipinski definition) is 1. The van der Waals surface area contributed by atoms with Crippen LogP contribution in [0, 0.1) is 5.41 Å². The van der Waals surface area contributed by atoms with Crippen molar-refractivity contribution >= 4 is 0 Å². The van der Waals surface area contributed by atoms with Crippen molar-refractivity contribution in [1.82, 2.24) is 5.32 Å². The van der Waals surface area contributed by atoms with Gasteiger partial charge in [0.2, 0.25) is 0 Å². The largest absolute Gasteiger partial charge is 0.496 e. The molecule has 1 saturated carbocycles. The number of methoxy groups -OCH3 is 1. The summed E-state index contributed by atoms with van der Waals surface area (Å²) >= 11 is 0. The van der Waals surface area contributed by atoms with Gasteiger partial charge in [0.15, 0.2) is 0 Å². The van der Waals surface area contributed by atoms with Crippen LogP contribution in [-0.4, -0.2) is 33.9 Å². The number of rotatable bonds is 5. The van der Waals surface area contributed by atoms with E-state index in [1.54, 1.807) is 7.11 Å². The molecule has 0 spiro atoms. The third-order valence-corrected chi connectivity index (χ3v) is 5.16. The van der Waals surface area contributed by atoms with E-state index in [9.17, 15) is 0 Å². The summed E-state index contributed by atoms with van der Waals surface area (Å²) < 4.78 is 11.2. The third kappa shape index (κ3) is 1.72. The second kappa shape index (κ2) is 4.80. The lowest BCUT2D eigenvalue weighted by Gasteiger charge is -2.60. The quantitative estimate of drug-likeness (QED) is 0.882. The van der Waals surface area contributed by atoms with E-state index in [1.807, 2.05) is 6.07 Å². The smallest absolute Gasteiger partial charge is 0.122 e. The van der Waals surface area contributed by atoms with Crippen molar-refractivity contribution in [3.63, 3.8) is 0 Å². The molecule has 19 heavy (non-hydrogen) atoms. The lowest BCUT2D eigenvalue weighted by Crippen LogP contribution is -2.64. The molecule has 1 aromatic rings. The van der Waals surface area contributed by atoms with Gasteiger partial charge in [-0.25, -0.2) is 0 Å². The summed E-state index contributed by atoms with van der Waals surface area (Å²) in [5.41, 5.74) is 1.81. The van der Waals surface area contributed by atoms with E-state index in [-0.39, 0.29) is 5.41 Å². The zero-order valence-corrected chi connectivity index (χ0v) is 11.9. The molecule has 0 radical (unpaired) electrons. The highest BCUT2D eigenvalue weighted by Gasteiger charge is 2.60. The SMILES string of the molecule is CNCC1(C2(c3ccccc3OC)COC2)CCC1. The minimum absolute atomic E-state index is 0.140. The van der Waals surface area contributed by atoms with Crippen molar-refractivity contribution in [3.8, 4) is 5.75 Å². The molecule has 1 aromatic carbocycles. The number of hydrogen-bond acceptors (Lipinski definition) is 3. The van der Waals surface area contributed by atoms with E-state index in [0.29, 0.717) is 5.41 Å². The topological polar surface area (TPSA) is 30.5 Å². The zero-order chi connectivity index (χ0) is 13.3. The van der Waals surface area contributed by atoms with Gasteiger partial charge in [0.1, 0.15) is 5.75 Å². The van der Waals surface area contributed by atoms with Gasteiger partial charge in [-0.2, -0.15) is 0 Å². The van der Waals surface area contributed by atoms with Crippen molar-refractivity contribution in [2.45, 2.75) is 24.7 Å². The van der Waals surface area contributed by atoms with Crippen molar-refractivity contribution in [1.29, 1.82) is 0 Å². The minimum atomic E-state index is 0.140. The predicted molar refractivity (Wildman–Crippen MR) is 75.7 cm³/mol. The molecule has 0 aromatic heterocycles. The Morgan fingerprint density at radius 2 is 2.00 bits per heavy atom. The van der Waals surface area contributed by atoms with Crippen LogP contribution in [0.5, 0.6) is 5.75 Å². The van der Waals surface area contributed by atoms with Crippen molar-refractivity contribution in [2.24, 2.45) is 5.41 Å². The van der Waals surface area contributed by atoms with Crippen LogP contribution in [0.4, 0.5) is 0 Å². The molecule has 0 unspecified atom stereocenters. The fraction of sp³-hybridized carbons (Fsp3) is 0.625. The molecule has 104 valence electrons. The van der Waals surface area contributed by atoms with Crippen LogP contribution in [-0.2, 0) is 10.2 Å². The normalized spacial score (nSPS) is 23.3. The Balaban J connectivity index is 2.03. The van der Waals surface area contributed by atoms with Crippen LogP contribution in [0.1, 0.15) is 24.8 Å². The molecule has 2 fully saturated rings. The van der Waals surface area contributed by atoms with E-state index < -0.39 is 0 Å². The molecule has 3 nitrogen and oxygen atoms in total. The Bertz CT molecular complexity index is 450. The molecule has 0 atom stereocenters. The number of ether oxygens (including phenoxy) is 2. The monoisotopic (exact) mass is 261 g/mol. The highest BCUT2D eigenvalue weighted by Crippen LogP contribution is 2.59. The number of nitrogens with one attached hydrogen (secondary N) is 1. The molecule has 1 saturated heterocycles. The van der Waals surface area contributed by atoms with Gasteiger partial charge in [0.25, 0.3) is 0 Å². The van der Waals surface area contributed by atoms with E-state index in [4.69, 9.17) is 9.47 Å². The zero-order valence-electron chi connectivity index (χ0n) is 11.9. The van der Waals surface area contributed by atoms with Crippen LogP contribution in [0.25, 0.3) is 0 Å². The first kappa shape index (κ1) is 12.9. The van der Waals surface area contributed by atoms with Gasteiger partial charge in [0.05, 0.1) is 25.7 Å². The van der Waals surface area contributed by atoms with E-state index in [1.165, 1.54) is 24.8 Å². The summed E-state index contributed by atoms with van der Waals surface area (Å²) in [4.78, 5) is 0. The molecule has 0 amide bonds. The standard InChI is InChI=1S/C16H23NO2/c1-17-10-15(8-5-9-15)16(11-19-12-16)13-6-3-4-7-14(13)18-2/h3-4,6-7,17H,5,8-12H2,1-2H3. The van der Waals surface area contributed by atoms with Gasteiger partial charge in [-0.3, -0.25) is 0 Å². The highest BCUT2D eigenvalue weighted by molar-refractivity contribution is 5.44. The maximum atomic E-state index is 5.64. The summed E-state index contributed by atoms with van der Waals surface area (Å²) in [5.74, 6) is 1.01. The number of benzene rings is 1. The Morgan fingerprint density at radius 3 is 2.47 bits per heavy atom. The molecular formula is C16H23NO2. The molecule has 3 rings (SSSR count). The van der Waals surface area contributed by atoms with E-state index in [0.717, 1.165) is 25.5 Å². The average Bonchev–Trinajstić information content (AvgIpc) is 2.35. The second-order valence-corrected chi connectivity index (χ2v) is 5.94.